The van der Waals surface area contributed by atoms with E-state index in [9.17, 15) is 14.4 Å². The first-order valence-corrected chi connectivity index (χ1v) is 10.1. The molecule has 154 valence electrons. The molecule has 0 radical (unpaired) electrons. The lowest BCUT2D eigenvalue weighted by Gasteiger charge is -2.54. The number of carbonyl (C=O) groups is 3. The van der Waals surface area contributed by atoms with Gasteiger partial charge in [-0.05, 0) is 38.3 Å². The maximum absolute atomic E-state index is 13.2. The molecule has 1 saturated heterocycles. The first kappa shape index (κ1) is 19.6. The summed E-state index contributed by atoms with van der Waals surface area (Å²) in [4.78, 5) is 41.4. The Morgan fingerprint density at radius 3 is 2.55 bits per heavy atom. The molecule has 7 heteroatoms. The van der Waals surface area contributed by atoms with Crippen LogP contribution >= 0.6 is 0 Å². The molecule has 2 heterocycles. The third kappa shape index (κ3) is 2.95. The number of ketones is 1. The van der Waals surface area contributed by atoms with Gasteiger partial charge in [0.2, 0.25) is 0 Å². The van der Waals surface area contributed by atoms with Gasteiger partial charge in [-0.15, -0.1) is 0 Å². The molecule has 2 fully saturated rings. The minimum absolute atomic E-state index is 0.0692. The van der Waals surface area contributed by atoms with Gasteiger partial charge in [0.25, 0.3) is 5.60 Å². The summed E-state index contributed by atoms with van der Waals surface area (Å²) in [5, 5.41) is 0. The quantitative estimate of drug-likeness (QED) is 0.568. The van der Waals surface area contributed by atoms with Gasteiger partial charge in [0, 0.05) is 24.2 Å². The number of Topliss-reactive ketones (excluding diaryl/α,β-unsaturated/α-hetero) is 1. The maximum Gasteiger partial charge on any atom is 0.351 e. The van der Waals surface area contributed by atoms with Crippen LogP contribution in [0.25, 0.3) is 6.08 Å². The molecular weight excluding hydrogens is 374 g/mol. The second-order valence-electron chi connectivity index (χ2n) is 7.44. The fourth-order valence-electron chi connectivity index (χ4n) is 4.70. The molecule has 1 saturated carbocycles. The van der Waals surface area contributed by atoms with Gasteiger partial charge in [-0.3, -0.25) is 4.79 Å². The zero-order valence-electron chi connectivity index (χ0n) is 16.6. The molecule has 3 aliphatic rings. The normalized spacial score (nSPS) is 26.8. The van der Waals surface area contributed by atoms with Gasteiger partial charge in [0.05, 0.1) is 19.1 Å². The minimum Gasteiger partial charge on any atom is -0.463 e. The van der Waals surface area contributed by atoms with Crippen LogP contribution in [0.2, 0.25) is 0 Å². The van der Waals surface area contributed by atoms with E-state index < -0.39 is 29.7 Å². The molecule has 4 rings (SSSR count). The first-order valence-electron chi connectivity index (χ1n) is 10.1. The summed E-state index contributed by atoms with van der Waals surface area (Å²) in [5.74, 6) is -2.85. The largest absolute Gasteiger partial charge is 0.463 e. The van der Waals surface area contributed by atoms with E-state index in [1.54, 1.807) is 13.8 Å². The summed E-state index contributed by atoms with van der Waals surface area (Å²) in [6.07, 6.45) is 4.83. The van der Waals surface area contributed by atoms with Crippen LogP contribution in [0.15, 0.2) is 30.5 Å². The molecule has 29 heavy (non-hydrogen) atoms. The molecule has 1 aromatic rings. The summed E-state index contributed by atoms with van der Waals surface area (Å²) in [5.41, 5.74) is -0.325. The number of hydrogen-bond donors (Lipinski definition) is 0. The van der Waals surface area contributed by atoms with Gasteiger partial charge in [-0.1, -0.05) is 24.3 Å². The summed E-state index contributed by atoms with van der Waals surface area (Å²) in [7, 11) is 0. The molecule has 7 nitrogen and oxygen atoms in total. The third-order valence-electron chi connectivity index (χ3n) is 5.89. The van der Waals surface area contributed by atoms with E-state index >= 15 is 0 Å². The molecule has 0 amide bonds. The van der Waals surface area contributed by atoms with E-state index in [1.165, 1.54) is 0 Å². The molecular formula is C22H25NO6. The zero-order chi connectivity index (χ0) is 20.6. The lowest BCUT2D eigenvalue weighted by atomic mass is 9.70. The smallest absolute Gasteiger partial charge is 0.351 e. The monoisotopic (exact) mass is 399 g/mol. The Kier molecular flexibility index (Phi) is 5.17. The average Bonchev–Trinajstić information content (AvgIpc) is 2.73. The van der Waals surface area contributed by atoms with E-state index in [0.29, 0.717) is 19.3 Å². The van der Waals surface area contributed by atoms with Crippen LogP contribution in [0.4, 0.5) is 0 Å². The predicted molar refractivity (Wildman–Crippen MR) is 103 cm³/mol. The number of esters is 2. The molecule has 0 aromatic heterocycles. The second kappa shape index (κ2) is 7.63. The number of hydrogen-bond acceptors (Lipinski definition) is 7. The van der Waals surface area contributed by atoms with E-state index in [1.807, 2.05) is 41.4 Å². The van der Waals surface area contributed by atoms with E-state index in [2.05, 4.69) is 0 Å². The third-order valence-corrected chi connectivity index (χ3v) is 5.89. The molecule has 3 unspecified atom stereocenters. The van der Waals surface area contributed by atoms with Gasteiger partial charge in [-0.2, -0.15) is 0 Å². The Labute approximate surface area is 169 Å². The van der Waals surface area contributed by atoms with E-state index in [4.69, 9.17) is 14.2 Å². The SMILES string of the molecule is CCOC(=O)C1(C(=O)OCC)OC2c3ccccc3C=CN2C2CCCC(=O)C21. The number of carbonyl (C=O) groups excluding carboxylic acids is 3. The van der Waals surface area contributed by atoms with Gasteiger partial charge in [0.15, 0.2) is 6.23 Å². The maximum atomic E-state index is 13.2. The van der Waals surface area contributed by atoms with Crippen LogP contribution in [0, 0.1) is 5.92 Å². The summed E-state index contributed by atoms with van der Waals surface area (Å²) < 4.78 is 16.8. The van der Waals surface area contributed by atoms with Crippen LogP contribution in [0.3, 0.4) is 0 Å². The van der Waals surface area contributed by atoms with Crippen molar-refractivity contribution in [3.8, 4) is 0 Å². The highest BCUT2D eigenvalue weighted by Gasteiger charge is 2.67. The fourth-order valence-corrected chi connectivity index (χ4v) is 4.70. The number of rotatable bonds is 4. The van der Waals surface area contributed by atoms with Crippen LogP contribution in [0.5, 0.6) is 0 Å². The van der Waals surface area contributed by atoms with Crippen molar-refractivity contribution < 1.29 is 28.6 Å². The number of benzene rings is 1. The topological polar surface area (TPSA) is 82.1 Å². The number of fused-ring (bicyclic) bond motifs is 5. The van der Waals surface area contributed by atoms with Gasteiger partial charge >= 0.3 is 11.9 Å². The summed E-state index contributed by atoms with van der Waals surface area (Å²) in [6, 6.07) is 7.30. The van der Waals surface area contributed by atoms with E-state index in [-0.39, 0.29) is 25.0 Å². The van der Waals surface area contributed by atoms with Crippen molar-refractivity contribution in [1.82, 2.24) is 4.90 Å². The van der Waals surface area contributed by atoms with Crippen LogP contribution in [-0.2, 0) is 28.6 Å². The summed E-state index contributed by atoms with van der Waals surface area (Å²) in [6.45, 7) is 3.45. The minimum atomic E-state index is -2.10. The van der Waals surface area contributed by atoms with Crippen LogP contribution < -0.4 is 0 Å². The highest BCUT2D eigenvalue weighted by atomic mass is 16.6. The van der Waals surface area contributed by atoms with Crippen LogP contribution in [-0.4, -0.2) is 47.5 Å². The molecule has 1 aromatic carbocycles. The van der Waals surface area contributed by atoms with Gasteiger partial charge in [-0.25, -0.2) is 9.59 Å². The van der Waals surface area contributed by atoms with Crippen molar-refractivity contribution in [2.24, 2.45) is 5.92 Å². The van der Waals surface area contributed by atoms with Crippen LogP contribution in [0.1, 0.15) is 50.5 Å². The Balaban J connectivity index is 1.89. The molecule has 2 aliphatic heterocycles. The lowest BCUT2D eigenvalue weighted by Crippen LogP contribution is -2.70. The highest BCUT2D eigenvalue weighted by molar-refractivity contribution is 6.09. The summed E-state index contributed by atoms with van der Waals surface area (Å²) >= 11 is 0. The molecule has 0 spiro atoms. The number of nitrogens with zero attached hydrogens (tertiary/aromatic N) is 1. The molecule has 0 N–H and O–H groups in total. The Morgan fingerprint density at radius 2 is 1.86 bits per heavy atom. The number of ether oxygens (including phenoxy) is 3. The predicted octanol–water partition coefficient (Wildman–Crippen LogP) is 2.60. The fraction of sp³-hybridized carbons (Fsp3) is 0.500. The second-order valence-corrected chi connectivity index (χ2v) is 7.44. The van der Waals surface area contributed by atoms with Crippen molar-refractivity contribution in [3.63, 3.8) is 0 Å². The van der Waals surface area contributed by atoms with Crippen molar-refractivity contribution in [2.45, 2.75) is 51.0 Å². The standard InChI is InChI=1S/C22H25NO6/c1-3-27-20(25)22(21(26)28-4-2)18-16(10-7-11-17(18)24)23-13-12-14-8-5-6-9-15(14)19(23)29-22/h5-6,8-9,12-13,16,18-19H,3-4,7,10-11H2,1-2H3. The Morgan fingerprint density at radius 1 is 1.17 bits per heavy atom. The van der Waals surface area contributed by atoms with Crippen molar-refractivity contribution >= 4 is 23.8 Å². The average molecular weight is 399 g/mol. The Hall–Kier alpha value is -2.67. The molecule has 3 atom stereocenters. The van der Waals surface area contributed by atoms with Gasteiger partial charge in [0.1, 0.15) is 5.78 Å². The molecule has 1 aliphatic carbocycles. The molecule has 0 bridgehead atoms. The van der Waals surface area contributed by atoms with E-state index in [0.717, 1.165) is 11.1 Å². The first-order chi connectivity index (χ1) is 14.0. The lowest BCUT2D eigenvalue weighted by molar-refractivity contribution is -0.251. The van der Waals surface area contributed by atoms with Crippen molar-refractivity contribution in [1.29, 1.82) is 0 Å². The van der Waals surface area contributed by atoms with Crippen molar-refractivity contribution in [2.75, 3.05) is 13.2 Å². The van der Waals surface area contributed by atoms with Gasteiger partial charge < -0.3 is 19.1 Å². The zero-order valence-corrected chi connectivity index (χ0v) is 16.6. The Bertz CT molecular complexity index is 845. The highest BCUT2D eigenvalue weighted by Crippen LogP contribution is 2.49. The van der Waals surface area contributed by atoms with Crippen molar-refractivity contribution in [3.05, 3.63) is 41.6 Å².